The number of carbonyl (C=O) groups excluding carboxylic acids is 3. The van der Waals surface area contributed by atoms with Gasteiger partial charge < -0.3 is 23.5 Å². The summed E-state index contributed by atoms with van der Waals surface area (Å²) in [6.45, 7) is 15.3. The second kappa shape index (κ2) is 11.0. The molecule has 0 saturated carbocycles. The number of rotatable bonds is 8. The first-order valence-electron chi connectivity index (χ1n) is 11.2. The highest BCUT2D eigenvalue weighted by molar-refractivity contribution is 6.48. The van der Waals surface area contributed by atoms with Gasteiger partial charge in [0.2, 0.25) is 0 Å². The zero-order valence-electron chi connectivity index (χ0n) is 21.3. The summed E-state index contributed by atoms with van der Waals surface area (Å²) in [5.74, 6) is 0.355. The predicted octanol–water partition coefficient (Wildman–Crippen LogP) is 3.98. The van der Waals surface area contributed by atoms with Crippen molar-refractivity contribution in [2.75, 3.05) is 26.1 Å². The van der Waals surface area contributed by atoms with Crippen LogP contribution in [0, 0.1) is 5.41 Å². The average molecular weight is 493 g/mol. The summed E-state index contributed by atoms with van der Waals surface area (Å²) in [5, 5.41) is 2.58. The number of hydrogen-bond donors (Lipinski definition) is 1. The highest BCUT2D eigenvalue weighted by atomic mass is 28.3. The van der Waals surface area contributed by atoms with Crippen molar-refractivity contribution >= 4 is 32.5 Å². The fraction of sp³-hybridized carbons (Fsp3) is 0.542. The normalized spacial score (nSPS) is 16.9. The minimum Gasteiger partial charge on any atom is -0.493 e. The molecule has 2 atom stereocenters. The van der Waals surface area contributed by atoms with Crippen LogP contribution in [0.4, 0.5) is 10.5 Å². The molecule has 188 valence electrons. The Hall–Kier alpha value is -2.85. The van der Waals surface area contributed by atoms with E-state index in [9.17, 15) is 14.4 Å². The lowest BCUT2D eigenvalue weighted by molar-refractivity contribution is -0.117. The van der Waals surface area contributed by atoms with Gasteiger partial charge in [-0.1, -0.05) is 27.4 Å². The van der Waals surface area contributed by atoms with E-state index in [1.165, 1.54) is 38.2 Å². The second-order valence-electron chi connectivity index (χ2n) is 9.68. The molecule has 34 heavy (non-hydrogen) atoms. The van der Waals surface area contributed by atoms with E-state index in [1.807, 2.05) is 20.8 Å². The topological polar surface area (TPSA) is 103 Å². The number of benzene rings is 1. The number of nitrogens with zero attached hydrogens (tertiary/aromatic N) is 1. The molecule has 1 N–H and O–H groups in total. The maximum atomic E-state index is 13.8. The fourth-order valence-electron chi connectivity index (χ4n) is 3.98. The predicted molar refractivity (Wildman–Crippen MR) is 132 cm³/mol. The van der Waals surface area contributed by atoms with Gasteiger partial charge in [-0.25, -0.2) is 4.79 Å². The van der Waals surface area contributed by atoms with Gasteiger partial charge in [-0.15, -0.1) is 0 Å². The number of anilines is 1. The number of likely N-dealkylation sites (tertiary alicyclic amines) is 1. The zero-order valence-corrected chi connectivity index (χ0v) is 22.5. The van der Waals surface area contributed by atoms with Crippen LogP contribution in [0.2, 0.25) is 13.1 Å². The zero-order chi connectivity index (χ0) is 25.8. The number of carbonyl (C=O) groups is 3. The van der Waals surface area contributed by atoms with Crippen LogP contribution in [-0.4, -0.2) is 64.6 Å². The third kappa shape index (κ3) is 6.60. The van der Waals surface area contributed by atoms with Crippen molar-refractivity contribution in [3.8, 4) is 11.5 Å². The first-order valence-corrected chi connectivity index (χ1v) is 13.9. The number of methoxy groups -OCH3 is 2. The monoisotopic (exact) mass is 492 g/mol. The SMILES string of the molecule is C=C(C)OC(=O)Nc1cc(OC)c(OC)cc1C(=O)N1CC(=O)C[C@H]1C(O[SiH](C)C)C(C)(C)C. The van der Waals surface area contributed by atoms with Gasteiger partial charge >= 0.3 is 6.09 Å². The van der Waals surface area contributed by atoms with Gasteiger partial charge in [-0.3, -0.25) is 14.9 Å². The molecule has 0 bridgehead atoms. The smallest absolute Gasteiger partial charge is 0.416 e. The molecule has 1 unspecified atom stereocenters. The van der Waals surface area contributed by atoms with Crippen LogP contribution in [0.25, 0.3) is 0 Å². The van der Waals surface area contributed by atoms with Crippen molar-refractivity contribution in [1.82, 2.24) is 4.90 Å². The molecule has 2 rings (SSSR count). The summed E-state index contributed by atoms with van der Waals surface area (Å²) in [6.07, 6.45) is -0.910. The van der Waals surface area contributed by atoms with Crippen molar-refractivity contribution < 1.29 is 33.0 Å². The Morgan fingerprint density at radius 3 is 2.26 bits per heavy atom. The lowest BCUT2D eigenvalue weighted by atomic mass is 9.83. The molecule has 9 nitrogen and oxygen atoms in total. The number of nitrogens with one attached hydrogen (secondary N) is 1. The van der Waals surface area contributed by atoms with Crippen LogP contribution in [-0.2, 0) is 14.0 Å². The van der Waals surface area contributed by atoms with Crippen LogP contribution in [0.5, 0.6) is 11.5 Å². The van der Waals surface area contributed by atoms with Gasteiger partial charge in [0.1, 0.15) is 0 Å². The maximum absolute atomic E-state index is 13.8. The quantitative estimate of drug-likeness (QED) is 0.432. The van der Waals surface area contributed by atoms with Gasteiger partial charge in [-0.05, 0) is 31.5 Å². The van der Waals surface area contributed by atoms with E-state index in [2.05, 4.69) is 25.0 Å². The minimum atomic E-state index is -1.47. The molecule has 10 heteroatoms. The van der Waals surface area contributed by atoms with Gasteiger partial charge in [0.15, 0.2) is 26.3 Å². The van der Waals surface area contributed by atoms with E-state index in [4.69, 9.17) is 18.6 Å². The Bertz CT molecular complexity index is 955. The number of hydrogen-bond acceptors (Lipinski definition) is 7. The number of ether oxygens (including phenoxy) is 3. The van der Waals surface area contributed by atoms with Crippen LogP contribution < -0.4 is 14.8 Å². The van der Waals surface area contributed by atoms with Crippen molar-refractivity contribution in [3.05, 3.63) is 30.0 Å². The maximum Gasteiger partial charge on any atom is 0.416 e. The highest BCUT2D eigenvalue weighted by Gasteiger charge is 2.45. The summed E-state index contributed by atoms with van der Waals surface area (Å²) in [4.78, 5) is 40.2. The molecule has 1 aromatic carbocycles. The van der Waals surface area contributed by atoms with Crippen LogP contribution in [0.3, 0.4) is 0 Å². The molecular weight excluding hydrogens is 456 g/mol. The van der Waals surface area contributed by atoms with Crippen molar-refractivity contribution in [1.29, 1.82) is 0 Å². The Morgan fingerprint density at radius 1 is 1.18 bits per heavy atom. The van der Waals surface area contributed by atoms with E-state index in [0.717, 1.165) is 0 Å². The largest absolute Gasteiger partial charge is 0.493 e. The van der Waals surface area contributed by atoms with Gasteiger partial charge in [0.05, 0.1) is 49.9 Å². The van der Waals surface area contributed by atoms with Gasteiger partial charge in [-0.2, -0.15) is 0 Å². The fourth-order valence-corrected chi connectivity index (χ4v) is 5.16. The number of Topliss-reactive ketones (excluding diaryl/α,β-unsaturated/α-hetero) is 1. The third-order valence-electron chi connectivity index (χ3n) is 5.32. The lowest BCUT2D eigenvalue weighted by Crippen LogP contribution is -2.50. The number of amides is 2. The second-order valence-corrected chi connectivity index (χ2v) is 12.1. The summed E-state index contributed by atoms with van der Waals surface area (Å²) < 4.78 is 22.0. The molecule has 1 saturated heterocycles. The van der Waals surface area contributed by atoms with Gasteiger partial charge in [0, 0.05) is 12.5 Å². The minimum absolute atomic E-state index is 0.0386. The first kappa shape index (κ1) is 27.4. The lowest BCUT2D eigenvalue weighted by Gasteiger charge is -2.40. The molecule has 0 radical (unpaired) electrons. The van der Waals surface area contributed by atoms with Crippen molar-refractivity contribution in [2.24, 2.45) is 5.41 Å². The van der Waals surface area contributed by atoms with Crippen molar-refractivity contribution in [2.45, 2.75) is 59.4 Å². The van der Waals surface area contributed by atoms with E-state index in [1.54, 1.807) is 0 Å². The molecule has 1 aromatic rings. The molecule has 1 fully saturated rings. The van der Waals surface area contributed by atoms with Crippen LogP contribution in [0.15, 0.2) is 24.5 Å². The molecular formula is C24H36N2O7Si. The van der Waals surface area contributed by atoms with Crippen LogP contribution >= 0.6 is 0 Å². The summed E-state index contributed by atoms with van der Waals surface area (Å²) >= 11 is 0. The van der Waals surface area contributed by atoms with E-state index < -0.39 is 27.1 Å². The Morgan fingerprint density at radius 2 is 1.76 bits per heavy atom. The van der Waals surface area contributed by atoms with E-state index in [-0.39, 0.29) is 47.3 Å². The van der Waals surface area contributed by atoms with Crippen LogP contribution in [0.1, 0.15) is 44.5 Å². The molecule has 1 aliphatic rings. The molecule has 0 spiro atoms. The van der Waals surface area contributed by atoms with Gasteiger partial charge in [0.25, 0.3) is 5.91 Å². The van der Waals surface area contributed by atoms with E-state index >= 15 is 0 Å². The number of ketones is 1. The highest BCUT2D eigenvalue weighted by Crippen LogP contribution is 2.37. The third-order valence-corrected chi connectivity index (χ3v) is 6.16. The summed E-state index contributed by atoms with van der Waals surface area (Å²) in [5.41, 5.74) is 0.0126. The Balaban J connectivity index is 2.54. The van der Waals surface area contributed by atoms with E-state index in [0.29, 0.717) is 11.5 Å². The summed E-state index contributed by atoms with van der Waals surface area (Å²) in [7, 11) is 1.43. The van der Waals surface area contributed by atoms with Crippen molar-refractivity contribution in [3.63, 3.8) is 0 Å². The molecule has 2 amide bonds. The Kier molecular flexibility index (Phi) is 8.90. The summed E-state index contributed by atoms with van der Waals surface area (Å²) in [6, 6.07) is 2.54. The Labute approximate surface area is 203 Å². The first-order chi connectivity index (χ1) is 15.8. The number of allylic oxidation sites excluding steroid dienone is 1. The molecule has 0 aliphatic carbocycles. The molecule has 0 aromatic heterocycles. The molecule has 1 heterocycles. The standard InChI is InChI=1S/C24H36N2O7Si/c1-14(2)32-23(29)25-17-12-20(31-7)19(30-6)11-16(17)22(28)26-13-15(27)10-18(26)21(24(3,4)5)33-34(8)9/h11-12,18,21,34H,1,10,13H2,2-9H3,(H,25,29)/t18-,21?/m0/s1. The molecule has 1 aliphatic heterocycles. The average Bonchev–Trinajstić information content (AvgIpc) is 3.10.